The zero-order valence-corrected chi connectivity index (χ0v) is 18.0. The summed E-state index contributed by atoms with van der Waals surface area (Å²) in [6, 6.07) is 9.81. The summed E-state index contributed by atoms with van der Waals surface area (Å²) in [5, 5.41) is 11.3. The maximum Gasteiger partial charge on any atom is 0.280 e. The molecule has 0 spiro atoms. The van der Waals surface area contributed by atoms with E-state index in [9.17, 15) is 14.9 Å². The van der Waals surface area contributed by atoms with Gasteiger partial charge in [-0.1, -0.05) is 68.2 Å². The quantitative estimate of drug-likeness (QED) is 0.235. The number of benzene rings is 1. The molecule has 8 heteroatoms. The molecule has 0 bridgehead atoms. The van der Waals surface area contributed by atoms with Crippen molar-refractivity contribution >= 4 is 46.0 Å². The molecule has 2 aromatic rings. The third kappa shape index (κ3) is 4.49. The highest BCUT2D eigenvalue weighted by molar-refractivity contribution is 8.26. The first kappa shape index (κ1) is 20.8. The molecule has 0 N–H and O–H groups in total. The van der Waals surface area contributed by atoms with Crippen molar-refractivity contribution in [3.63, 3.8) is 0 Å². The standard InChI is InChI=1S/C22H22N2O4S2/c25-21-20(30-22(29)23(21)13-12-15-6-2-1-3-7-15)14-16-10-11-19(28-16)17-8-4-5-9-18(17)24(26)27/h4-5,8-11,14-15H,1-3,6-7,12-13H2. The fourth-order valence-corrected chi connectivity index (χ4v) is 5.31. The highest BCUT2D eigenvalue weighted by Crippen LogP contribution is 2.36. The van der Waals surface area contributed by atoms with Crippen molar-refractivity contribution < 1.29 is 14.1 Å². The van der Waals surface area contributed by atoms with Crippen LogP contribution in [0.3, 0.4) is 0 Å². The van der Waals surface area contributed by atoms with E-state index in [2.05, 4.69) is 0 Å². The van der Waals surface area contributed by atoms with Gasteiger partial charge in [0.15, 0.2) is 0 Å². The van der Waals surface area contributed by atoms with Gasteiger partial charge in [0, 0.05) is 18.7 Å². The van der Waals surface area contributed by atoms with E-state index in [1.165, 1.54) is 49.9 Å². The third-order valence-corrected chi connectivity index (χ3v) is 7.00. The number of amides is 1. The minimum Gasteiger partial charge on any atom is -0.456 e. The Morgan fingerprint density at radius 3 is 2.73 bits per heavy atom. The number of carbonyl (C=O) groups excluding carboxylic acids is 1. The summed E-state index contributed by atoms with van der Waals surface area (Å²) in [5.74, 6) is 1.45. The van der Waals surface area contributed by atoms with Crippen LogP contribution in [0.1, 0.15) is 44.3 Å². The van der Waals surface area contributed by atoms with Gasteiger partial charge in [0.25, 0.3) is 11.6 Å². The Hall–Kier alpha value is -2.45. The van der Waals surface area contributed by atoms with E-state index in [4.69, 9.17) is 16.6 Å². The molecule has 1 saturated carbocycles. The predicted octanol–water partition coefficient (Wildman–Crippen LogP) is 6.03. The number of nitro groups is 1. The number of para-hydroxylation sites is 1. The van der Waals surface area contributed by atoms with E-state index < -0.39 is 4.92 Å². The summed E-state index contributed by atoms with van der Waals surface area (Å²) in [4.78, 5) is 25.9. The maximum atomic E-state index is 12.8. The van der Waals surface area contributed by atoms with Gasteiger partial charge in [-0.15, -0.1) is 0 Å². The number of carbonyl (C=O) groups is 1. The number of furan rings is 1. The van der Waals surface area contributed by atoms with Crippen molar-refractivity contribution in [2.24, 2.45) is 5.92 Å². The predicted molar refractivity (Wildman–Crippen MR) is 122 cm³/mol. The summed E-state index contributed by atoms with van der Waals surface area (Å²) in [7, 11) is 0. The fraction of sp³-hybridized carbons (Fsp3) is 0.364. The average Bonchev–Trinajstić information content (AvgIpc) is 3.32. The summed E-state index contributed by atoms with van der Waals surface area (Å²) in [6.45, 7) is 0.659. The minimum absolute atomic E-state index is 0.0209. The monoisotopic (exact) mass is 442 g/mol. The maximum absolute atomic E-state index is 12.8. The van der Waals surface area contributed by atoms with Crippen LogP contribution in [0, 0.1) is 16.0 Å². The molecule has 156 valence electrons. The van der Waals surface area contributed by atoms with E-state index in [0.717, 1.165) is 6.42 Å². The SMILES string of the molecule is O=C1C(=Cc2ccc(-c3ccccc3[N+](=O)[O-])o2)SC(=S)N1CCC1CCCCC1. The fourth-order valence-electron chi connectivity index (χ4n) is 4.03. The number of hydrogen-bond donors (Lipinski definition) is 0. The third-order valence-electron chi connectivity index (χ3n) is 5.63. The van der Waals surface area contributed by atoms with Crippen molar-refractivity contribution in [1.82, 2.24) is 4.90 Å². The van der Waals surface area contributed by atoms with Gasteiger partial charge in [-0.2, -0.15) is 0 Å². The normalized spacial score (nSPS) is 19.1. The van der Waals surface area contributed by atoms with Gasteiger partial charge in [0.2, 0.25) is 0 Å². The Balaban J connectivity index is 1.47. The molecule has 2 heterocycles. The molecule has 1 aliphatic carbocycles. The Labute approximate surface area is 184 Å². The van der Waals surface area contributed by atoms with Crippen molar-refractivity contribution in [3.05, 3.63) is 57.2 Å². The van der Waals surface area contributed by atoms with Gasteiger partial charge in [-0.05, 0) is 30.5 Å². The van der Waals surface area contributed by atoms with E-state index in [1.807, 2.05) is 0 Å². The van der Waals surface area contributed by atoms with Crippen LogP contribution < -0.4 is 0 Å². The summed E-state index contributed by atoms with van der Waals surface area (Å²) >= 11 is 6.70. The van der Waals surface area contributed by atoms with Gasteiger partial charge in [-0.25, -0.2) is 0 Å². The minimum atomic E-state index is -0.436. The second kappa shape index (κ2) is 9.14. The molecule has 2 fully saturated rings. The molecule has 4 rings (SSSR count). The topological polar surface area (TPSA) is 76.6 Å². The first-order valence-electron chi connectivity index (χ1n) is 10.1. The van der Waals surface area contributed by atoms with Crippen molar-refractivity contribution in [2.75, 3.05) is 6.54 Å². The summed E-state index contributed by atoms with van der Waals surface area (Å²) < 4.78 is 6.36. The van der Waals surface area contributed by atoms with Crippen LogP contribution in [0.4, 0.5) is 5.69 Å². The van der Waals surface area contributed by atoms with Crippen molar-refractivity contribution in [2.45, 2.75) is 38.5 Å². The van der Waals surface area contributed by atoms with Gasteiger partial charge in [0.05, 0.1) is 15.4 Å². The zero-order chi connectivity index (χ0) is 21.1. The van der Waals surface area contributed by atoms with Crippen LogP contribution >= 0.6 is 24.0 Å². The molecular weight excluding hydrogens is 420 g/mol. The van der Waals surface area contributed by atoms with Crippen LogP contribution in [0.5, 0.6) is 0 Å². The lowest BCUT2D eigenvalue weighted by atomic mass is 9.87. The van der Waals surface area contributed by atoms with E-state index in [1.54, 1.807) is 41.3 Å². The van der Waals surface area contributed by atoms with Gasteiger partial charge in [0.1, 0.15) is 15.8 Å². The van der Waals surface area contributed by atoms with Crippen molar-refractivity contribution in [1.29, 1.82) is 0 Å². The molecule has 1 aromatic heterocycles. The lowest BCUT2D eigenvalue weighted by molar-refractivity contribution is -0.384. The molecule has 1 saturated heterocycles. The molecule has 0 unspecified atom stereocenters. The molecule has 30 heavy (non-hydrogen) atoms. The van der Waals surface area contributed by atoms with Crippen LogP contribution in [-0.4, -0.2) is 26.6 Å². The first-order valence-corrected chi connectivity index (χ1v) is 11.3. The molecule has 1 amide bonds. The average molecular weight is 443 g/mol. The molecule has 0 atom stereocenters. The van der Waals surface area contributed by atoms with Crippen LogP contribution in [-0.2, 0) is 4.79 Å². The largest absolute Gasteiger partial charge is 0.456 e. The lowest BCUT2D eigenvalue weighted by Crippen LogP contribution is -2.30. The second-order valence-corrected chi connectivity index (χ2v) is 9.28. The van der Waals surface area contributed by atoms with Gasteiger partial charge in [-0.3, -0.25) is 19.8 Å². The van der Waals surface area contributed by atoms with E-state index >= 15 is 0 Å². The van der Waals surface area contributed by atoms with Crippen molar-refractivity contribution in [3.8, 4) is 11.3 Å². The van der Waals surface area contributed by atoms with Gasteiger partial charge >= 0.3 is 0 Å². The van der Waals surface area contributed by atoms with E-state index in [-0.39, 0.29) is 11.6 Å². The van der Waals surface area contributed by atoms with Crippen LogP contribution in [0.2, 0.25) is 0 Å². The van der Waals surface area contributed by atoms with Gasteiger partial charge < -0.3 is 4.42 Å². The number of thioether (sulfide) groups is 1. The summed E-state index contributed by atoms with van der Waals surface area (Å²) in [5.41, 5.74) is 0.384. The Bertz CT molecular complexity index is 1010. The van der Waals surface area contributed by atoms with E-state index in [0.29, 0.717) is 38.8 Å². The molecule has 1 aromatic carbocycles. The second-order valence-electron chi connectivity index (χ2n) is 7.60. The number of hydrogen-bond acceptors (Lipinski definition) is 6. The molecule has 1 aliphatic heterocycles. The number of nitro benzene ring substituents is 1. The number of nitrogens with zero attached hydrogens (tertiary/aromatic N) is 2. The smallest absolute Gasteiger partial charge is 0.280 e. The Morgan fingerprint density at radius 1 is 1.20 bits per heavy atom. The van der Waals surface area contributed by atoms with Crippen LogP contribution in [0.25, 0.3) is 17.4 Å². The Morgan fingerprint density at radius 2 is 1.97 bits per heavy atom. The number of rotatable bonds is 6. The molecule has 0 radical (unpaired) electrons. The first-order chi connectivity index (χ1) is 14.5. The highest BCUT2D eigenvalue weighted by Gasteiger charge is 2.32. The molecule has 2 aliphatic rings. The highest BCUT2D eigenvalue weighted by atomic mass is 32.2. The molecular formula is C22H22N2O4S2. The zero-order valence-electron chi connectivity index (χ0n) is 16.4. The lowest BCUT2D eigenvalue weighted by Gasteiger charge is -2.23. The summed E-state index contributed by atoms with van der Waals surface area (Å²) in [6.07, 6.45) is 9.02. The molecule has 6 nitrogen and oxygen atoms in total. The number of thiocarbonyl (C=S) groups is 1. The Kier molecular flexibility index (Phi) is 6.34. The van der Waals surface area contributed by atoms with Crippen LogP contribution in [0.15, 0.2) is 45.7 Å².